The Bertz CT molecular complexity index is 617. The summed E-state index contributed by atoms with van der Waals surface area (Å²) in [5.74, 6) is 1.40. The topological polar surface area (TPSA) is 39.2 Å². The van der Waals surface area contributed by atoms with Crippen LogP contribution in [-0.2, 0) is 0 Å². The van der Waals surface area contributed by atoms with Gasteiger partial charge in [-0.15, -0.1) is 11.3 Å². The third-order valence-corrected chi connectivity index (χ3v) is 4.09. The van der Waals surface area contributed by atoms with E-state index in [0.717, 1.165) is 26.9 Å². The summed E-state index contributed by atoms with van der Waals surface area (Å²) >= 11 is 1.44. The highest BCUT2D eigenvalue weighted by Gasteiger charge is 2.13. The first-order valence-corrected chi connectivity index (χ1v) is 7.50. The van der Waals surface area contributed by atoms with E-state index in [1.165, 1.54) is 11.3 Å². The molecule has 0 spiro atoms. The predicted octanol–water partition coefficient (Wildman–Crippen LogP) is 4.36. The van der Waals surface area contributed by atoms with Gasteiger partial charge in [-0.25, -0.2) is 4.98 Å². The molecule has 3 nitrogen and oxygen atoms in total. The first kappa shape index (κ1) is 14.7. The highest BCUT2D eigenvalue weighted by Crippen LogP contribution is 2.30. The molecule has 0 aliphatic heterocycles. The molecule has 0 N–H and O–H groups in total. The lowest BCUT2D eigenvalue weighted by Crippen LogP contribution is -2.04. The molecule has 1 aromatic heterocycles. The van der Waals surface area contributed by atoms with Crippen LogP contribution in [0.4, 0.5) is 0 Å². The second-order valence-corrected chi connectivity index (χ2v) is 6.22. The first-order valence-electron chi connectivity index (χ1n) is 6.69. The standard InChI is InChI=1S/C16H19NO2S/c1-10(2)9-19-14-7-5-6-13(8-14)16-17-11(3)15(20-16)12(4)18/h5-8,10H,9H2,1-4H3. The van der Waals surface area contributed by atoms with E-state index in [0.29, 0.717) is 12.5 Å². The lowest BCUT2D eigenvalue weighted by Gasteiger charge is -2.09. The second kappa shape index (κ2) is 6.18. The summed E-state index contributed by atoms with van der Waals surface area (Å²) in [5.41, 5.74) is 1.79. The van der Waals surface area contributed by atoms with Gasteiger partial charge in [0.15, 0.2) is 5.78 Å². The van der Waals surface area contributed by atoms with E-state index in [4.69, 9.17) is 4.74 Å². The summed E-state index contributed by atoms with van der Waals surface area (Å²) in [6, 6.07) is 7.86. The van der Waals surface area contributed by atoms with Gasteiger partial charge in [0.25, 0.3) is 0 Å². The number of carbonyl (C=O) groups excluding carboxylic acids is 1. The van der Waals surface area contributed by atoms with Gasteiger partial charge >= 0.3 is 0 Å². The van der Waals surface area contributed by atoms with E-state index in [2.05, 4.69) is 18.8 Å². The number of ketones is 1. The van der Waals surface area contributed by atoms with E-state index >= 15 is 0 Å². The minimum atomic E-state index is 0.0680. The minimum Gasteiger partial charge on any atom is -0.493 e. The number of thiazole rings is 1. The average molecular weight is 289 g/mol. The molecule has 1 aromatic carbocycles. The normalized spacial score (nSPS) is 10.8. The molecule has 0 aliphatic rings. The molecule has 1 heterocycles. The van der Waals surface area contributed by atoms with Crippen molar-refractivity contribution in [3.8, 4) is 16.3 Å². The number of hydrogen-bond donors (Lipinski definition) is 0. The molecule has 0 saturated carbocycles. The summed E-state index contributed by atoms with van der Waals surface area (Å²) in [4.78, 5) is 16.7. The summed E-state index contributed by atoms with van der Waals surface area (Å²) in [5, 5.41) is 0.864. The molecule has 4 heteroatoms. The number of aryl methyl sites for hydroxylation is 1. The summed E-state index contributed by atoms with van der Waals surface area (Å²) in [7, 11) is 0. The van der Waals surface area contributed by atoms with Crippen molar-refractivity contribution < 1.29 is 9.53 Å². The van der Waals surface area contributed by atoms with Gasteiger partial charge < -0.3 is 4.74 Å². The Labute approximate surface area is 123 Å². The van der Waals surface area contributed by atoms with Gasteiger partial charge in [-0.1, -0.05) is 26.0 Å². The van der Waals surface area contributed by atoms with Crippen LogP contribution in [0.3, 0.4) is 0 Å². The number of hydrogen-bond acceptors (Lipinski definition) is 4. The summed E-state index contributed by atoms with van der Waals surface area (Å²) in [6.45, 7) is 8.38. The van der Waals surface area contributed by atoms with Gasteiger partial charge in [0.2, 0.25) is 0 Å². The first-order chi connectivity index (χ1) is 9.47. The quantitative estimate of drug-likeness (QED) is 0.768. The van der Waals surface area contributed by atoms with Crippen LogP contribution in [0, 0.1) is 12.8 Å². The smallest absolute Gasteiger partial charge is 0.171 e. The van der Waals surface area contributed by atoms with Gasteiger partial charge in [-0.3, -0.25) is 4.79 Å². The molecule has 0 aliphatic carbocycles. The Kier molecular flexibility index (Phi) is 4.55. The van der Waals surface area contributed by atoms with E-state index in [-0.39, 0.29) is 5.78 Å². The van der Waals surface area contributed by atoms with Crippen LogP contribution in [0.2, 0.25) is 0 Å². The van der Waals surface area contributed by atoms with Crippen molar-refractivity contribution >= 4 is 17.1 Å². The second-order valence-electron chi connectivity index (χ2n) is 5.22. The number of Topliss-reactive ketones (excluding diaryl/α,β-unsaturated/α-hetero) is 1. The van der Waals surface area contributed by atoms with Crippen molar-refractivity contribution in [2.75, 3.05) is 6.61 Å². The maximum atomic E-state index is 11.5. The van der Waals surface area contributed by atoms with Gasteiger partial charge in [0.05, 0.1) is 17.2 Å². The van der Waals surface area contributed by atoms with Crippen molar-refractivity contribution in [3.63, 3.8) is 0 Å². The SMILES string of the molecule is CC(=O)c1sc(-c2cccc(OCC(C)C)c2)nc1C. The number of benzene rings is 1. The molecule has 0 fully saturated rings. The minimum absolute atomic E-state index is 0.0680. The molecule has 0 atom stereocenters. The lowest BCUT2D eigenvalue weighted by atomic mass is 10.2. The molecule has 0 bridgehead atoms. The van der Waals surface area contributed by atoms with Crippen LogP contribution >= 0.6 is 11.3 Å². The molecule has 0 saturated heterocycles. The van der Waals surface area contributed by atoms with Crippen molar-refractivity contribution in [1.82, 2.24) is 4.98 Å². The number of aromatic nitrogens is 1. The Morgan fingerprint density at radius 3 is 2.75 bits per heavy atom. The van der Waals surface area contributed by atoms with Crippen molar-refractivity contribution in [2.24, 2.45) is 5.92 Å². The van der Waals surface area contributed by atoms with Gasteiger partial charge in [-0.05, 0) is 25.0 Å². The molecule has 2 aromatic rings. The Morgan fingerprint density at radius 2 is 2.15 bits per heavy atom. The fourth-order valence-electron chi connectivity index (χ4n) is 1.83. The van der Waals surface area contributed by atoms with Crippen LogP contribution in [-0.4, -0.2) is 17.4 Å². The van der Waals surface area contributed by atoms with E-state index < -0.39 is 0 Å². The van der Waals surface area contributed by atoms with Crippen LogP contribution in [0.15, 0.2) is 24.3 Å². The highest BCUT2D eigenvalue weighted by molar-refractivity contribution is 7.17. The molecule has 0 radical (unpaired) electrons. The number of ether oxygens (including phenoxy) is 1. The Morgan fingerprint density at radius 1 is 1.40 bits per heavy atom. The van der Waals surface area contributed by atoms with Crippen LogP contribution in [0.5, 0.6) is 5.75 Å². The fourth-order valence-corrected chi connectivity index (χ4v) is 2.79. The van der Waals surface area contributed by atoms with E-state index in [1.807, 2.05) is 31.2 Å². The molecule has 0 amide bonds. The summed E-state index contributed by atoms with van der Waals surface area (Å²) < 4.78 is 5.72. The van der Waals surface area contributed by atoms with Crippen LogP contribution in [0.25, 0.3) is 10.6 Å². The highest BCUT2D eigenvalue weighted by atomic mass is 32.1. The number of nitrogens with zero attached hydrogens (tertiary/aromatic N) is 1. The maximum Gasteiger partial charge on any atom is 0.171 e. The third-order valence-electron chi connectivity index (χ3n) is 2.78. The van der Waals surface area contributed by atoms with E-state index in [9.17, 15) is 4.79 Å². The summed E-state index contributed by atoms with van der Waals surface area (Å²) in [6.07, 6.45) is 0. The molecule has 106 valence electrons. The Hall–Kier alpha value is -1.68. The zero-order chi connectivity index (χ0) is 14.7. The van der Waals surface area contributed by atoms with Crippen LogP contribution < -0.4 is 4.74 Å². The van der Waals surface area contributed by atoms with Gasteiger partial charge in [0, 0.05) is 12.5 Å². The molecule has 2 rings (SSSR count). The number of rotatable bonds is 5. The monoisotopic (exact) mass is 289 g/mol. The molecule has 20 heavy (non-hydrogen) atoms. The van der Waals surface area contributed by atoms with Crippen molar-refractivity contribution in [2.45, 2.75) is 27.7 Å². The average Bonchev–Trinajstić information content (AvgIpc) is 2.79. The number of carbonyl (C=O) groups is 1. The molecule has 0 unspecified atom stereocenters. The zero-order valence-electron chi connectivity index (χ0n) is 12.3. The molecular formula is C16H19NO2S. The largest absolute Gasteiger partial charge is 0.493 e. The van der Waals surface area contributed by atoms with Crippen LogP contribution in [0.1, 0.15) is 36.1 Å². The molecular weight excluding hydrogens is 270 g/mol. The lowest BCUT2D eigenvalue weighted by molar-refractivity contribution is 0.102. The van der Waals surface area contributed by atoms with Gasteiger partial charge in [0.1, 0.15) is 10.8 Å². The third kappa shape index (κ3) is 3.45. The van der Waals surface area contributed by atoms with Crippen molar-refractivity contribution in [3.05, 3.63) is 34.8 Å². The predicted molar refractivity (Wildman–Crippen MR) is 82.6 cm³/mol. The van der Waals surface area contributed by atoms with Gasteiger partial charge in [-0.2, -0.15) is 0 Å². The Balaban J connectivity index is 2.26. The van der Waals surface area contributed by atoms with E-state index in [1.54, 1.807) is 6.92 Å². The van der Waals surface area contributed by atoms with Crippen molar-refractivity contribution in [1.29, 1.82) is 0 Å². The maximum absolute atomic E-state index is 11.5. The zero-order valence-corrected chi connectivity index (χ0v) is 13.1. The fraction of sp³-hybridized carbons (Fsp3) is 0.375.